The van der Waals surface area contributed by atoms with Crippen molar-refractivity contribution in [1.82, 2.24) is 10.6 Å². The van der Waals surface area contributed by atoms with E-state index in [0.29, 0.717) is 18.0 Å². The molecule has 0 radical (unpaired) electrons. The molecule has 2 aromatic rings. The summed E-state index contributed by atoms with van der Waals surface area (Å²) >= 11 is 0. The number of nitrogens with zero attached hydrogens (tertiary/aromatic N) is 1. The summed E-state index contributed by atoms with van der Waals surface area (Å²) in [4.78, 5) is 4.34. The van der Waals surface area contributed by atoms with Gasteiger partial charge in [-0.1, -0.05) is 36.8 Å². The number of rotatable bonds is 7. The van der Waals surface area contributed by atoms with Crippen LogP contribution in [0, 0.1) is 0 Å². The van der Waals surface area contributed by atoms with Crippen LogP contribution in [0.15, 0.2) is 47.5 Å². The monoisotopic (exact) mass is 383 g/mol. The molecule has 3 rings (SSSR count). The van der Waals surface area contributed by atoms with Crippen LogP contribution in [0.25, 0.3) is 0 Å². The number of phenols is 1. The lowest BCUT2D eigenvalue weighted by molar-refractivity contribution is 0.244. The Kier molecular flexibility index (Phi) is 6.29. The number of hydrogen-bond acceptors (Lipinski definition) is 4. The fourth-order valence-corrected chi connectivity index (χ4v) is 3.67. The second kappa shape index (κ2) is 8.87. The summed E-state index contributed by atoms with van der Waals surface area (Å²) < 4.78 is 10.4. The van der Waals surface area contributed by atoms with Gasteiger partial charge in [-0.05, 0) is 36.1 Å². The first kappa shape index (κ1) is 19.9. The Morgan fingerprint density at radius 2 is 1.71 bits per heavy atom. The van der Waals surface area contributed by atoms with Crippen LogP contribution in [-0.2, 0) is 12.0 Å². The average Bonchev–Trinajstić information content (AvgIpc) is 2.71. The van der Waals surface area contributed by atoms with Gasteiger partial charge in [0.1, 0.15) is 0 Å². The van der Waals surface area contributed by atoms with Gasteiger partial charge in [-0.2, -0.15) is 0 Å². The summed E-state index contributed by atoms with van der Waals surface area (Å²) in [6.45, 7) is 1.38. The Hall–Kier alpha value is -2.89. The number of guanidine groups is 1. The van der Waals surface area contributed by atoms with Gasteiger partial charge in [0.05, 0.1) is 14.2 Å². The maximum atomic E-state index is 10.0. The molecule has 0 aromatic heterocycles. The van der Waals surface area contributed by atoms with Gasteiger partial charge >= 0.3 is 0 Å². The summed E-state index contributed by atoms with van der Waals surface area (Å²) in [5.74, 6) is 1.52. The van der Waals surface area contributed by atoms with E-state index in [0.717, 1.165) is 18.1 Å². The molecule has 0 aliphatic heterocycles. The van der Waals surface area contributed by atoms with Crippen LogP contribution < -0.4 is 20.1 Å². The predicted octanol–water partition coefficient (Wildman–Crippen LogP) is 3.20. The Morgan fingerprint density at radius 3 is 2.21 bits per heavy atom. The molecule has 150 valence electrons. The lowest BCUT2D eigenvalue weighted by Crippen LogP contribution is -2.48. The molecular formula is C22H29N3O3. The number of methoxy groups -OCH3 is 2. The minimum absolute atomic E-state index is 0.00560. The number of aromatic hydroxyl groups is 1. The second-order valence-electron chi connectivity index (χ2n) is 7.13. The summed E-state index contributed by atoms with van der Waals surface area (Å²) in [6.07, 6.45) is 3.64. The van der Waals surface area contributed by atoms with E-state index in [1.807, 2.05) is 0 Å². The van der Waals surface area contributed by atoms with Crippen LogP contribution in [0.1, 0.15) is 30.4 Å². The number of hydrogen-bond donors (Lipinski definition) is 3. The number of aliphatic imine (C=N–C) groups is 1. The smallest absolute Gasteiger partial charge is 0.200 e. The van der Waals surface area contributed by atoms with E-state index < -0.39 is 0 Å². The van der Waals surface area contributed by atoms with Crippen LogP contribution in [0.5, 0.6) is 17.2 Å². The summed E-state index contributed by atoms with van der Waals surface area (Å²) in [7, 11) is 4.81. The zero-order valence-corrected chi connectivity index (χ0v) is 16.8. The highest BCUT2D eigenvalue weighted by molar-refractivity contribution is 5.79. The first-order chi connectivity index (χ1) is 13.6. The number of phenolic OH excluding ortho intramolecular Hbond substituents is 1. The van der Waals surface area contributed by atoms with Crippen molar-refractivity contribution in [1.29, 1.82) is 0 Å². The first-order valence-corrected chi connectivity index (χ1v) is 9.56. The summed E-state index contributed by atoms with van der Waals surface area (Å²) in [5.41, 5.74) is 2.50. The van der Waals surface area contributed by atoms with Gasteiger partial charge in [-0.25, -0.2) is 0 Å². The van der Waals surface area contributed by atoms with Crippen molar-refractivity contribution in [2.24, 2.45) is 4.99 Å². The van der Waals surface area contributed by atoms with Gasteiger partial charge in [0.2, 0.25) is 5.75 Å². The van der Waals surface area contributed by atoms with Crippen molar-refractivity contribution >= 4 is 5.96 Å². The standard InChI is InChI=1S/C22H29N3O3/c1-23-21(24-14-16-12-18(27-2)20(26)19(13-16)28-3)25-15-22(10-7-11-22)17-8-5-4-6-9-17/h4-6,8-9,12-13,26H,7,10-11,14-15H2,1-3H3,(H2,23,24,25). The minimum atomic E-state index is 0.00560. The van der Waals surface area contributed by atoms with Gasteiger partial charge in [-0.15, -0.1) is 0 Å². The van der Waals surface area contributed by atoms with Gasteiger partial charge in [0.25, 0.3) is 0 Å². The van der Waals surface area contributed by atoms with Crippen LogP contribution in [0.3, 0.4) is 0 Å². The quantitative estimate of drug-likeness (QED) is 0.506. The largest absolute Gasteiger partial charge is 0.502 e. The molecule has 3 N–H and O–H groups in total. The Morgan fingerprint density at radius 1 is 1.07 bits per heavy atom. The lowest BCUT2D eigenvalue weighted by atomic mass is 9.64. The van der Waals surface area contributed by atoms with Gasteiger partial charge < -0.3 is 25.2 Å². The fourth-order valence-electron chi connectivity index (χ4n) is 3.67. The van der Waals surface area contributed by atoms with Crippen molar-refractivity contribution in [3.05, 3.63) is 53.6 Å². The topological polar surface area (TPSA) is 75.1 Å². The van der Waals surface area contributed by atoms with Gasteiger partial charge in [0, 0.05) is 25.6 Å². The predicted molar refractivity (Wildman–Crippen MR) is 111 cm³/mol. The van der Waals surface area contributed by atoms with E-state index >= 15 is 0 Å². The number of benzene rings is 2. The van der Waals surface area contributed by atoms with E-state index in [-0.39, 0.29) is 11.2 Å². The third kappa shape index (κ3) is 4.16. The molecule has 6 heteroatoms. The SMILES string of the molecule is CN=C(NCc1cc(OC)c(O)c(OC)c1)NCC1(c2ccccc2)CCC1. The third-order valence-electron chi connectivity index (χ3n) is 5.51. The highest BCUT2D eigenvalue weighted by atomic mass is 16.5. The van der Waals surface area contributed by atoms with E-state index in [9.17, 15) is 5.11 Å². The van der Waals surface area contributed by atoms with Crippen LogP contribution >= 0.6 is 0 Å². The Balaban J connectivity index is 1.63. The average molecular weight is 383 g/mol. The normalized spacial score (nSPS) is 15.5. The summed E-state index contributed by atoms with van der Waals surface area (Å²) in [6, 6.07) is 14.3. The highest BCUT2D eigenvalue weighted by Crippen LogP contribution is 2.43. The molecular weight excluding hydrogens is 354 g/mol. The van der Waals surface area contributed by atoms with E-state index in [1.165, 1.54) is 39.0 Å². The number of ether oxygens (including phenoxy) is 2. The van der Waals surface area contributed by atoms with Gasteiger partial charge in [-0.3, -0.25) is 4.99 Å². The van der Waals surface area contributed by atoms with Crippen molar-refractivity contribution in [3.8, 4) is 17.2 Å². The zero-order valence-electron chi connectivity index (χ0n) is 16.8. The van der Waals surface area contributed by atoms with Crippen LogP contribution in [-0.4, -0.2) is 38.9 Å². The Bertz CT molecular complexity index is 792. The van der Waals surface area contributed by atoms with E-state index in [2.05, 4.69) is 46.0 Å². The Labute approximate surface area is 166 Å². The van der Waals surface area contributed by atoms with E-state index in [1.54, 1.807) is 19.2 Å². The maximum Gasteiger partial charge on any atom is 0.200 e. The fraction of sp³-hybridized carbons (Fsp3) is 0.409. The molecule has 28 heavy (non-hydrogen) atoms. The van der Waals surface area contributed by atoms with Gasteiger partial charge in [0.15, 0.2) is 17.5 Å². The molecule has 1 fully saturated rings. The molecule has 1 aliphatic carbocycles. The molecule has 0 saturated heterocycles. The minimum Gasteiger partial charge on any atom is -0.502 e. The molecule has 0 bridgehead atoms. The second-order valence-corrected chi connectivity index (χ2v) is 7.13. The summed E-state index contributed by atoms with van der Waals surface area (Å²) in [5, 5.41) is 16.8. The zero-order chi connectivity index (χ0) is 20.0. The molecule has 2 aromatic carbocycles. The van der Waals surface area contributed by atoms with Crippen LogP contribution in [0.4, 0.5) is 0 Å². The van der Waals surface area contributed by atoms with Crippen molar-refractivity contribution in [3.63, 3.8) is 0 Å². The van der Waals surface area contributed by atoms with Crippen molar-refractivity contribution in [2.45, 2.75) is 31.2 Å². The highest BCUT2D eigenvalue weighted by Gasteiger charge is 2.38. The number of nitrogens with one attached hydrogen (secondary N) is 2. The molecule has 0 amide bonds. The molecule has 6 nitrogen and oxygen atoms in total. The molecule has 0 spiro atoms. The van der Waals surface area contributed by atoms with Crippen LogP contribution in [0.2, 0.25) is 0 Å². The maximum absolute atomic E-state index is 10.0. The van der Waals surface area contributed by atoms with Crippen molar-refractivity contribution in [2.75, 3.05) is 27.8 Å². The molecule has 0 unspecified atom stereocenters. The molecule has 1 aliphatic rings. The molecule has 0 heterocycles. The lowest BCUT2D eigenvalue weighted by Gasteiger charge is -2.43. The van der Waals surface area contributed by atoms with E-state index in [4.69, 9.17) is 9.47 Å². The molecule has 0 atom stereocenters. The first-order valence-electron chi connectivity index (χ1n) is 9.56. The third-order valence-corrected chi connectivity index (χ3v) is 5.51. The molecule has 1 saturated carbocycles. The van der Waals surface area contributed by atoms with Crippen molar-refractivity contribution < 1.29 is 14.6 Å².